The van der Waals surface area contributed by atoms with E-state index >= 15 is 0 Å². The van der Waals surface area contributed by atoms with Gasteiger partial charge in [0, 0.05) is 11.6 Å². The lowest BCUT2D eigenvalue weighted by molar-refractivity contribution is 0.0734. The summed E-state index contributed by atoms with van der Waals surface area (Å²) < 4.78 is 16.6. The maximum absolute atomic E-state index is 12.8. The van der Waals surface area contributed by atoms with Gasteiger partial charge in [0.2, 0.25) is 5.78 Å². The number of carbonyl (C=O) groups is 2. The summed E-state index contributed by atoms with van der Waals surface area (Å²) in [6, 6.07) is 19.3. The van der Waals surface area contributed by atoms with Crippen molar-refractivity contribution < 1.29 is 23.8 Å². The maximum Gasteiger partial charge on any atom is 0.343 e. The van der Waals surface area contributed by atoms with Crippen LogP contribution in [0.5, 0.6) is 17.2 Å². The number of Topliss-reactive ketones (excluding diaryl/α,β-unsaturated/α-hetero) is 1. The number of ketones is 1. The van der Waals surface area contributed by atoms with Crippen LogP contribution < -0.4 is 14.2 Å². The Labute approximate surface area is 168 Å². The Morgan fingerprint density at radius 2 is 1.72 bits per heavy atom. The molecule has 1 aliphatic rings. The molecule has 5 nitrogen and oxygen atoms in total. The Bertz CT molecular complexity index is 1130. The minimum absolute atomic E-state index is 0.194. The van der Waals surface area contributed by atoms with Crippen LogP contribution in [0.1, 0.15) is 31.8 Å². The number of para-hydroxylation sites is 1. The van der Waals surface area contributed by atoms with Gasteiger partial charge in [-0.05, 0) is 42.8 Å². The van der Waals surface area contributed by atoms with Crippen LogP contribution in [0, 0.1) is 6.92 Å². The molecular formula is C24H18O5. The second-order valence-electron chi connectivity index (χ2n) is 6.55. The lowest BCUT2D eigenvalue weighted by Gasteiger charge is -2.07. The molecule has 0 N–H and O–H groups in total. The molecule has 29 heavy (non-hydrogen) atoms. The molecule has 1 heterocycles. The molecule has 0 aliphatic carbocycles. The standard InChI is InChI=1S/C24H18O5/c1-15-12-18(28-24(26)16-8-4-3-5-9-16)14-20-22(15)23(25)21(29-20)13-17-10-6-7-11-19(17)27-2/h3-14H,1-2H3/b21-13-. The van der Waals surface area contributed by atoms with Gasteiger partial charge < -0.3 is 14.2 Å². The number of hydrogen-bond donors (Lipinski definition) is 0. The average Bonchev–Trinajstić information content (AvgIpc) is 3.04. The number of benzene rings is 3. The fourth-order valence-corrected chi connectivity index (χ4v) is 3.20. The monoisotopic (exact) mass is 386 g/mol. The van der Waals surface area contributed by atoms with Crippen molar-refractivity contribution in [3.8, 4) is 17.2 Å². The van der Waals surface area contributed by atoms with Crippen LogP contribution in [0.15, 0.2) is 72.5 Å². The van der Waals surface area contributed by atoms with E-state index in [1.807, 2.05) is 30.3 Å². The summed E-state index contributed by atoms with van der Waals surface area (Å²) in [6.07, 6.45) is 1.65. The number of methoxy groups -OCH3 is 1. The van der Waals surface area contributed by atoms with Crippen LogP contribution in [0.25, 0.3) is 6.08 Å². The number of hydrogen-bond acceptors (Lipinski definition) is 5. The number of allylic oxidation sites excluding steroid dienone is 1. The van der Waals surface area contributed by atoms with Gasteiger partial charge in [0.15, 0.2) is 5.76 Å². The van der Waals surface area contributed by atoms with Gasteiger partial charge in [-0.15, -0.1) is 0 Å². The fraction of sp³-hybridized carbons (Fsp3) is 0.0833. The van der Waals surface area contributed by atoms with E-state index in [0.29, 0.717) is 33.9 Å². The molecule has 0 radical (unpaired) electrons. The Hall–Kier alpha value is -3.86. The molecule has 0 atom stereocenters. The summed E-state index contributed by atoms with van der Waals surface area (Å²) in [5.74, 6) is 0.831. The summed E-state index contributed by atoms with van der Waals surface area (Å²) in [7, 11) is 1.57. The fourth-order valence-electron chi connectivity index (χ4n) is 3.20. The molecule has 0 amide bonds. The van der Waals surface area contributed by atoms with Crippen molar-refractivity contribution in [3.05, 3.63) is 94.7 Å². The molecule has 0 spiro atoms. The van der Waals surface area contributed by atoms with Gasteiger partial charge in [0.1, 0.15) is 17.2 Å². The third-order valence-electron chi connectivity index (χ3n) is 4.59. The maximum atomic E-state index is 12.8. The summed E-state index contributed by atoms with van der Waals surface area (Å²) in [4.78, 5) is 25.1. The molecule has 4 rings (SSSR count). The molecule has 0 fully saturated rings. The van der Waals surface area contributed by atoms with E-state index in [1.165, 1.54) is 0 Å². The van der Waals surface area contributed by atoms with Crippen molar-refractivity contribution in [1.29, 1.82) is 0 Å². The zero-order valence-corrected chi connectivity index (χ0v) is 16.0. The van der Waals surface area contributed by atoms with E-state index in [9.17, 15) is 9.59 Å². The Kier molecular flexibility index (Phi) is 4.87. The molecule has 0 bridgehead atoms. The minimum atomic E-state index is -0.473. The lowest BCUT2D eigenvalue weighted by Crippen LogP contribution is -2.08. The predicted molar refractivity (Wildman–Crippen MR) is 109 cm³/mol. The highest BCUT2D eigenvalue weighted by Gasteiger charge is 2.30. The molecular weight excluding hydrogens is 368 g/mol. The molecule has 0 saturated carbocycles. The topological polar surface area (TPSA) is 61.8 Å². The van der Waals surface area contributed by atoms with Gasteiger partial charge in [-0.2, -0.15) is 0 Å². The van der Waals surface area contributed by atoms with Crippen molar-refractivity contribution in [2.45, 2.75) is 6.92 Å². The highest BCUT2D eigenvalue weighted by Crippen LogP contribution is 2.38. The zero-order valence-electron chi connectivity index (χ0n) is 16.0. The average molecular weight is 386 g/mol. The highest BCUT2D eigenvalue weighted by molar-refractivity contribution is 6.15. The first-order valence-electron chi connectivity index (χ1n) is 9.06. The van der Waals surface area contributed by atoms with Crippen LogP contribution >= 0.6 is 0 Å². The lowest BCUT2D eigenvalue weighted by atomic mass is 10.0. The summed E-state index contributed by atoms with van der Waals surface area (Å²) in [5.41, 5.74) is 2.32. The van der Waals surface area contributed by atoms with E-state index in [0.717, 1.165) is 5.56 Å². The van der Waals surface area contributed by atoms with Gasteiger partial charge in [-0.25, -0.2) is 4.79 Å². The quantitative estimate of drug-likeness (QED) is 0.365. The molecule has 3 aromatic rings. The zero-order chi connectivity index (χ0) is 20.4. The normalized spacial score (nSPS) is 13.7. The van der Waals surface area contributed by atoms with Crippen LogP contribution in [0.4, 0.5) is 0 Å². The number of carbonyl (C=O) groups excluding carboxylic acids is 2. The second kappa shape index (κ2) is 7.64. The number of ether oxygens (including phenoxy) is 3. The third kappa shape index (κ3) is 3.62. The number of esters is 1. The molecule has 5 heteroatoms. The van der Waals surface area contributed by atoms with Crippen molar-refractivity contribution >= 4 is 17.8 Å². The van der Waals surface area contributed by atoms with Crippen molar-refractivity contribution in [3.63, 3.8) is 0 Å². The number of aryl methyl sites for hydroxylation is 1. The Balaban J connectivity index is 1.63. The summed E-state index contributed by atoms with van der Waals surface area (Å²) in [5, 5.41) is 0. The van der Waals surface area contributed by atoms with Gasteiger partial charge in [0.05, 0.1) is 18.2 Å². The smallest absolute Gasteiger partial charge is 0.343 e. The van der Waals surface area contributed by atoms with Gasteiger partial charge in [-0.1, -0.05) is 36.4 Å². The molecule has 0 aromatic heterocycles. The molecule has 3 aromatic carbocycles. The first-order valence-corrected chi connectivity index (χ1v) is 9.06. The van der Waals surface area contributed by atoms with E-state index in [-0.39, 0.29) is 11.5 Å². The van der Waals surface area contributed by atoms with Gasteiger partial charge >= 0.3 is 5.97 Å². The van der Waals surface area contributed by atoms with Crippen molar-refractivity contribution in [1.82, 2.24) is 0 Å². The largest absolute Gasteiger partial charge is 0.496 e. The SMILES string of the molecule is COc1ccccc1/C=C1\Oc2cc(OC(=O)c3ccccc3)cc(C)c2C1=O. The van der Waals surface area contributed by atoms with E-state index < -0.39 is 5.97 Å². The van der Waals surface area contributed by atoms with Crippen LogP contribution in [-0.4, -0.2) is 18.9 Å². The van der Waals surface area contributed by atoms with Crippen LogP contribution in [0.3, 0.4) is 0 Å². The minimum Gasteiger partial charge on any atom is -0.496 e. The molecule has 144 valence electrons. The number of fused-ring (bicyclic) bond motifs is 1. The van der Waals surface area contributed by atoms with Crippen LogP contribution in [0.2, 0.25) is 0 Å². The Morgan fingerprint density at radius 1 is 1.00 bits per heavy atom. The van der Waals surface area contributed by atoms with Gasteiger partial charge in [0.25, 0.3) is 0 Å². The highest BCUT2D eigenvalue weighted by atomic mass is 16.5. The Morgan fingerprint density at radius 3 is 2.48 bits per heavy atom. The predicted octanol–water partition coefficient (Wildman–Crippen LogP) is 4.84. The van der Waals surface area contributed by atoms with Gasteiger partial charge in [-0.3, -0.25) is 4.79 Å². The summed E-state index contributed by atoms with van der Waals surface area (Å²) in [6.45, 7) is 1.78. The molecule has 0 saturated heterocycles. The summed E-state index contributed by atoms with van der Waals surface area (Å²) >= 11 is 0. The van der Waals surface area contributed by atoms with Crippen LogP contribution in [-0.2, 0) is 0 Å². The first-order chi connectivity index (χ1) is 14.1. The van der Waals surface area contributed by atoms with E-state index in [1.54, 1.807) is 56.5 Å². The van der Waals surface area contributed by atoms with E-state index in [2.05, 4.69) is 0 Å². The second-order valence-corrected chi connectivity index (χ2v) is 6.55. The molecule has 0 unspecified atom stereocenters. The number of rotatable bonds is 4. The van der Waals surface area contributed by atoms with Crippen molar-refractivity contribution in [2.24, 2.45) is 0 Å². The van der Waals surface area contributed by atoms with Crippen molar-refractivity contribution in [2.75, 3.05) is 7.11 Å². The van der Waals surface area contributed by atoms with E-state index in [4.69, 9.17) is 14.2 Å². The first kappa shape index (κ1) is 18.5. The molecule has 1 aliphatic heterocycles. The third-order valence-corrected chi connectivity index (χ3v) is 4.59.